The molecule has 0 atom stereocenters. The molecule has 0 spiro atoms. The van der Waals surface area contributed by atoms with E-state index in [1.54, 1.807) is 11.6 Å². The maximum atomic E-state index is 12.6. The first-order valence-electron chi connectivity index (χ1n) is 6.77. The number of hydrogen-bond donors (Lipinski definition) is 2. The van der Waals surface area contributed by atoms with Crippen molar-refractivity contribution in [2.45, 2.75) is 42.0 Å². The van der Waals surface area contributed by atoms with Gasteiger partial charge >= 0.3 is 0 Å². The van der Waals surface area contributed by atoms with Crippen molar-refractivity contribution < 1.29 is 8.42 Å². The molecule has 9 heteroatoms. The molecule has 1 saturated carbocycles. The average molecular weight is 347 g/mol. The van der Waals surface area contributed by atoms with Crippen LogP contribution in [0, 0.1) is 0 Å². The zero-order valence-corrected chi connectivity index (χ0v) is 14.1. The Labute approximate surface area is 132 Å². The van der Waals surface area contributed by atoms with Crippen LogP contribution in [0.3, 0.4) is 0 Å². The van der Waals surface area contributed by atoms with Crippen LogP contribution in [-0.4, -0.2) is 35.4 Å². The van der Waals surface area contributed by atoms with Gasteiger partial charge in [0.25, 0.3) is 10.0 Å². The lowest BCUT2D eigenvalue weighted by Crippen LogP contribution is -2.38. The van der Waals surface area contributed by atoms with Crippen molar-refractivity contribution in [3.05, 3.63) is 11.6 Å². The minimum atomic E-state index is -3.64. The topological polar surface area (TPSA) is 89.5 Å². The molecule has 0 bridgehead atoms. The van der Waals surface area contributed by atoms with Gasteiger partial charge in [0.2, 0.25) is 0 Å². The molecule has 0 radical (unpaired) electrons. The highest BCUT2D eigenvalue weighted by Gasteiger charge is 2.29. The summed E-state index contributed by atoms with van der Waals surface area (Å²) in [6, 6.07) is -0.0121. The van der Waals surface area contributed by atoms with Gasteiger partial charge in [-0.05, 0) is 31.9 Å². The Morgan fingerprint density at radius 2 is 2.14 bits per heavy atom. The fourth-order valence-electron chi connectivity index (χ4n) is 2.74. The molecule has 1 fully saturated rings. The maximum absolute atomic E-state index is 12.6. The number of imidazole rings is 1. The van der Waals surface area contributed by atoms with Crippen molar-refractivity contribution in [1.29, 1.82) is 0 Å². The zero-order valence-electron chi connectivity index (χ0n) is 11.7. The van der Waals surface area contributed by atoms with E-state index >= 15 is 0 Å². The SMILES string of the molecule is CSC1CCC(NS(=O)(=O)c2c(N)nc3sccn23)CC1. The van der Waals surface area contributed by atoms with Gasteiger partial charge in [-0.15, -0.1) is 11.3 Å². The summed E-state index contributed by atoms with van der Waals surface area (Å²) in [5.74, 6) is 0.0622. The van der Waals surface area contributed by atoms with E-state index in [0.29, 0.717) is 10.2 Å². The van der Waals surface area contributed by atoms with Gasteiger partial charge in [0.1, 0.15) is 0 Å². The number of sulfonamides is 1. The van der Waals surface area contributed by atoms with Crippen LogP contribution in [0.25, 0.3) is 4.96 Å². The van der Waals surface area contributed by atoms with Crippen LogP contribution in [0.15, 0.2) is 16.6 Å². The van der Waals surface area contributed by atoms with Crippen LogP contribution in [0.2, 0.25) is 0 Å². The number of fused-ring (bicyclic) bond motifs is 1. The number of aromatic nitrogens is 2. The number of nitrogen functional groups attached to an aromatic ring is 1. The molecule has 116 valence electrons. The highest BCUT2D eigenvalue weighted by molar-refractivity contribution is 7.99. The van der Waals surface area contributed by atoms with E-state index in [2.05, 4.69) is 16.0 Å². The minimum Gasteiger partial charge on any atom is -0.381 e. The van der Waals surface area contributed by atoms with E-state index in [9.17, 15) is 8.42 Å². The Bertz CT molecular complexity index is 729. The number of thiazole rings is 1. The monoisotopic (exact) mass is 346 g/mol. The lowest BCUT2D eigenvalue weighted by atomic mass is 9.96. The van der Waals surface area contributed by atoms with Gasteiger partial charge < -0.3 is 5.73 Å². The molecule has 2 heterocycles. The van der Waals surface area contributed by atoms with Crippen LogP contribution in [0.4, 0.5) is 5.82 Å². The Kier molecular flexibility index (Phi) is 4.17. The summed E-state index contributed by atoms with van der Waals surface area (Å²) in [5, 5.41) is 2.50. The van der Waals surface area contributed by atoms with Gasteiger partial charge in [-0.2, -0.15) is 11.8 Å². The first-order chi connectivity index (χ1) is 10.0. The van der Waals surface area contributed by atoms with Crippen LogP contribution >= 0.6 is 23.1 Å². The molecule has 1 aliphatic rings. The van der Waals surface area contributed by atoms with Gasteiger partial charge in [0.15, 0.2) is 15.8 Å². The molecule has 2 aromatic heterocycles. The molecular weight excluding hydrogens is 328 g/mol. The van der Waals surface area contributed by atoms with Crippen LogP contribution in [0.5, 0.6) is 0 Å². The highest BCUT2D eigenvalue weighted by Crippen LogP contribution is 2.29. The summed E-state index contributed by atoms with van der Waals surface area (Å²) in [6.07, 6.45) is 7.62. The van der Waals surface area contributed by atoms with Crippen molar-refractivity contribution in [3.8, 4) is 0 Å². The molecule has 0 unspecified atom stereocenters. The van der Waals surface area contributed by atoms with Gasteiger partial charge in [0.05, 0.1) is 0 Å². The number of nitrogens with one attached hydrogen (secondary N) is 1. The normalized spacial score (nSPS) is 23.7. The van der Waals surface area contributed by atoms with Crippen molar-refractivity contribution in [2.24, 2.45) is 0 Å². The van der Waals surface area contributed by atoms with Gasteiger partial charge in [-0.25, -0.2) is 18.1 Å². The number of rotatable bonds is 4. The lowest BCUT2D eigenvalue weighted by Gasteiger charge is -2.27. The van der Waals surface area contributed by atoms with Gasteiger partial charge in [0, 0.05) is 22.9 Å². The Balaban J connectivity index is 1.81. The quantitative estimate of drug-likeness (QED) is 0.883. The summed E-state index contributed by atoms with van der Waals surface area (Å²) in [6.45, 7) is 0. The predicted molar refractivity (Wildman–Crippen MR) is 87.4 cm³/mol. The van der Waals surface area contributed by atoms with Crippen molar-refractivity contribution >= 4 is 43.9 Å². The molecule has 21 heavy (non-hydrogen) atoms. The lowest BCUT2D eigenvalue weighted by molar-refractivity contribution is 0.419. The third kappa shape index (κ3) is 2.92. The highest BCUT2D eigenvalue weighted by atomic mass is 32.2. The van der Waals surface area contributed by atoms with E-state index < -0.39 is 10.0 Å². The zero-order chi connectivity index (χ0) is 15.0. The number of hydrogen-bond acceptors (Lipinski definition) is 6. The van der Waals surface area contributed by atoms with Crippen molar-refractivity contribution in [3.63, 3.8) is 0 Å². The molecule has 0 saturated heterocycles. The minimum absolute atomic E-state index is 0.0121. The van der Waals surface area contributed by atoms with Gasteiger partial charge in [-0.3, -0.25) is 4.40 Å². The number of nitrogens with zero attached hydrogens (tertiary/aromatic N) is 2. The van der Waals surface area contributed by atoms with E-state index in [0.717, 1.165) is 25.7 Å². The summed E-state index contributed by atoms with van der Waals surface area (Å²) in [7, 11) is -3.64. The summed E-state index contributed by atoms with van der Waals surface area (Å²) in [4.78, 5) is 4.69. The second-order valence-corrected chi connectivity index (χ2v) is 8.83. The molecular formula is C12H18N4O2S3. The summed E-state index contributed by atoms with van der Waals surface area (Å²) in [5.41, 5.74) is 5.78. The third-order valence-corrected chi connectivity index (χ3v) is 7.28. The Morgan fingerprint density at radius 1 is 1.43 bits per heavy atom. The molecule has 6 nitrogen and oxygen atoms in total. The smallest absolute Gasteiger partial charge is 0.260 e. The largest absolute Gasteiger partial charge is 0.381 e. The first kappa shape index (κ1) is 15.1. The number of anilines is 1. The standard InChI is InChI=1S/C12H18N4O2S3/c1-19-9-4-2-8(3-5-9)15-21(17,18)11-10(13)14-12-16(11)6-7-20-12/h6-9,15H,2-5,13H2,1H3. The second kappa shape index (κ2) is 5.79. The molecule has 2 aromatic rings. The molecule has 3 rings (SSSR count). The van der Waals surface area contributed by atoms with Crippen LogP contribution in [0.1, 0.15) is 25.7 Å². The van der Waals surface area contributed by atoms with E-state index in [1.807, 2.05) is 11.8 Å². The summed E-state index contributed by atoms with van der Waals surface area (Å²) >= 11 is 3.22. The van der Waals surface area contributed by atoms with Crippen LogP contribution in [-0.2, 0) is 10.0 Å². The van der Waals surface area contributed by atoms with E-state index in [-0.39, 0.29) is 16.9 Å². The van der Waals surface area contributed by atoms with Gasteiger partial charge in [-0.1, -0.05) is 0 Å². The fourth-order valence-corrected chi connectivity index (χ4v) is 5.78. The number of nitrogens with two attached hydrogens (primary N) is 1. The predicted octanol–water partition coefficient (Wildman–Crippen LogP) is 1.93. The number of thioether (sulfide) groups is 1. The van der Waals surface area contributed by atoms with E-state index in [1.165, 1.54) is 15.7 Å². The van der Waals surface area contributed by atoms with E-state index in [4.69, 9.17) is 5.73 Å². The fraction of sp³-hybridized carbons (Fsp3) is 0.583. The Morgan fingerprint density at radius 3 is 2.81 bits per heavy atom. The van der Waals surface area contributed by atoms with Crippen molar-refractivity contribution in [1.82, 2.24) is 14.1 Å². The van der Waals surface area contributed by atoms with Crippen LogP contribution < -0.4 is 10.5 Å². The average Bonchev–Trinajstić information content (AvgIpc) is 2.98. The summed E-state index contributed by atoms with van der Waals surface area (Å²) < 4.78 is 29.5. The van der Waals surface area contributed by atoms with Crippen molar-refractivity contribution in [2.75, 3.05) is 12.0 Å². The Hall–Kier alpha value is -0.770. The third-order valence-electron chi connectivity index (χ3n) is 3.83. The molecule has 0 aliphatic heterocycles. The second-order valence-electron chi connectivity index (χ2n) is 5.19. The molecule has 1 aliphatic carbocycles. The maximum Gasteiger partial charge on any atom is 0.260 e. The first-order valence-corrected chi connectivity index (χ1v) is 10.4. The molecule has 3 N–H and O–H groups in total. The molecule has 0 amide bonds. The molecule has 0 aromatic carbocycles.